The van der Waals surface area contributed by atoms with Gasteiger partial charge in [-0.3, -0.25) is 14.9 Å². The van der Waals surface area contributed by atoms with Gasteiger partial charge in [-0.25, -0.2) is 0 Å². The van der Waals surface area contributed by atoms with Gasteiger partial charge in [-0.1, -0.05) is 6.07 Å². The van der Waals surface area contributed by atoms with Crippen molar-refractivity contribution in [2.45, 2.75) is 25.8 Å². The number of hydrogen-bond acceptors (Lipinski definition) is 4. The molecule has 0 saturated carbocycles. The Morgan fingerprint density at radius 1 is 1.40 bits per heavy atom. The number of carbonyl (C=O) groups excluding carboxylic acids is 1. The van der Waals surface area contributed by atoms with Gasteiger partial charge in [0.15, 0.2) is 0 Å². The zero-order chi connectivity index (χ0) is 14.7. The molecule has 1 aromatic rings. The van der Waals surface area contributed by atoms with Crippen LogP contribution in [0.5, 0.6) is 0 Å². The number of nitrogens with one attached hydrogen (secondary N) is 1. The largest absolute Gasteiger partial charge is 0.339 e. The van der Waals surface area contributed by atoms with E-state index in [1.807, 2.05) is 7.05 Å². The van der Waals surface area contributed by atoms with E-state index >= 15 is 0 Å². The molecule has 1 fully saturated rings. The summed E-state index contributed by atoms with van der Waals surface area (Å²) >= 11 is 0. The summed E-state index contributed by atoms with van der Waals surface area (Å²) in [6.45, 7) is 3.04. The second-order valence-corrected chi connectivity index (χ2v) is 5.11. The van der Waals surface area contributed by atoms with Crippen LogP contribution in [0.15, 0.2) is 18.2 Å². The standard InChI is InChI=1S/C14H19N3O3/c1-10-3-4-11(9-13(10)17(19)20)14(18)16-7-5-12(15-2)6-8-16/h3-4,9,12,15H,5-8H2,1-2H3. The third-order valence-electron chi connectivity index (χ3n) is 3.84. The molecular formula is C14H19N3O3. The molecule has 1 aliphatic heterocycles. The normalized spacial score (nSPS) is 16.2. The first-order chi connectivity index (χ1) is 9.52. The summed E-state index contributed by atoms with van der Waals surface area (Å²) in [7, 11) is 1.92. The zero-order valence-corrected chi connectivity index (χ0v) is 11.8. The van der Waals surface area contributed by atoms with Crippen LogP contribution in [0.2, 0.25) is 0 Å². The first-order valence-corrected chi connectivity index (χ1v) is 6.74. The van der Waals surface area contributed by atoms with Gasteiger partial charge in [0.05, 0.1) is 4.92 Å². The van der Waals surface area contributed by atoms with Gasteiger partial charge in [-0.05, 0) is 32.9 Å². The van der Waals surface area contributed by atoms with Crippen molar-refractivity contribution in [3.63, 3.8) is 0 Å². The Bertz CT molecular complexity index is 522. The predicted octanol–water partition coefficient (Wildman–Crippen LogP) is 1.73. The molecule has 2 rings (SSSR count). The van der Waals surface area contributed by atoms with E-state index in [2.05, 4.69) is 5.32 Å². The Morgan fingerprint density at radius 2 is 2.05 bits per heavy atom. The van der Waals surface area contributed by atoms with Crippen LogP contribution in [0.4, 0.5) is 5.69 Å². The van der Waals surface area contributed by atoms with Gasteiger partial charge in [0.1, 0.15) is 0 Å². The first kappa shape index (κ1) is 14.5. The first-order valence-electron chi connectivity index (χ1n) is 6.74. The van der Waals surface area contributed by atoms with Crippen molar-refractivity contribution in [3.8, 4) is 0 Å². The van der Waals surface area contributed by atoms with Gasteiger partial charge in [0, 0.05) is 36.3 Å². The number of amides is 1. The Labute approximate surface area is 117 Å². The van der Waals surface area contributed by atoms with Crippen molar-refractivity contribution < 1.29 is 9.72 Å². The Balaban J connectivity index is 2.14. The lowest BCUT2D eigenvalue weighted by molar-refractivity contribution is -0.385. The minimum atomic E-state index is -0.445. The highest BCUT2D eigenvalue weighted by Gasteiger charge is 2.24. The minimum Gasteiger partial charge on any atom is -0.339 e. The topological polar surface area (TPSA) is 75.5 Å². The van der Waals surface area contributed by atoms with Crippen LogP contribution in [0, 0.1) is 17.0 Å². The van der Waals surface area contributed by atoms with Gasteiger partial charge in [0.25, 0.3) is 11.6 Å². The SMILES string of the molecule is CNC1CCN(C(=O)c2ccc(C)c([N+](=O)[O-])c2)CC1. The maximum atomic E-state index is 12.4. The highest BCUT2D eigenvalue weighted by atomic mass is 16.6. The van der Waals surface area contributed by atoms with E-state index < -0.39 is 4.92 Å². The Hall–Kier alpha value is -1.95. The second-order valence-electron chi connectivity index (χ2n) is 5.11. The van der Waals surface area contributed by atoms with Crippen LogP contribution in [-0.4, -0.2) is 41.9 Å². The van der Waals surface area contributed by atoms with E-state index in [1.165, 1.54) is 6.07 Å². The van der Waals surface area contributed by atoms with Crippen molar-refractivity contribution in [1.82, 2.24) is 10.2 Å². The lowest BCUT2D eigenvalue weighted by Gasteiger charge is -2.31. The monoisotopic (exact) mass is 277 g/mol. The van der Waals surface area contributed by atoms with E-state index in [-0.39, 0.29) is 11.6 Å². The van der Waals surface area contributed by atoms with Crippen LogP contribution in [0.3, 0.4) is 0 Å². The number of benzene rings is 1. The van der Waals surface area contributed by atoms with Gasteiger partial charge < -0.3 is 10.2 Å². The van der Waals surface area contributed by atoms with E-state index in [0.29, 0.717) is 30.3 Å². The second kappa shape index (κ2) is 6.00. The fourth-order valence-corrected chi connectivity index (χ4v) is 2.49. The molecule has 6 nitrogen and oxygen atoms in total. The molecule has 1 aromatic carbocycles. The molecule has 0 spiro atoms. The summed E-state index contributed by atoms with van der Waals surface area (Å²) in [6.07, 6.45) is 1.83. The molecule has 0 aliphatic carbocycles. The highest BCUT2D eigenvalue weighted by molar-refractivity contribution is 5.95. The molecule has 1 heterocycles. The maximum Gasteiger partial charge on any atom is 0.273 e. The number of nitro benzene ring substituents is 1. The smallest absolute Gasteiger partial charge is 0.273 e. The third kappa shape index (κ3) is 2.96. The number of carbonyl (C=O) groups is 1. The fourth-order valence-electron chi connectivity index (χ4n) is 2.49. The highest BCUT2D eigenvalue weighted by Crippen LogP contribution is 2.21. The molecule has 20 heavy (non-hydrogen) atoms. The molecule has 108 valence electrons. The van der Waals surface area contributed by atoms with Crippen LogP contribution in [0.1, 0.15) is 28.8 Å². The average Bonchev–Trinajstić information content (AvgIpc) is 2.47. The van der Waals surface area contributed by atoms with Gasteiger partial charge in [-0.2, -0.15) is 0 Å². The van der Waals surface area contributed by atoms with E-state index in [0.717, 1.165) is 12.8 Å². The number of aryl methyl sites for hydroxylation is 1. The minimum absolute atomic E-state index is 0.000890. The van der Waals surface area contributed by atoms with Crippen molar-refractivity contribution >= 4 is 11.6 Å². The molecule has 0 radical (unpaired) electrons. The summed E-state index contributed by atoms with van der Waals surface area (Å²) in [5, 5.41) is 14.1. The Kier molecular flexibility index (Phi) is 4.34. The quantitative estimate of drug-likeness (QED) is 0.674. The van der Waals surface area contributed by atoms with Crippen LogP contribution in [0.25, 0.3) is 0 Å². The van der Waals surface area contributed by atoms with Crippen molar-refractivity contribution in [2.24, 2.45) is 0 Å². The van der Waals surface area contributed by atoms with E-state index in [9.17, 15) is 14.9 Å². The summed E-state index contributed by atoms with van der Waals surface area (Å²) in [5.74, 6) is -0.123. The van der Waals surface area contributed by atoms with Crippen molar-refractivity contribution in [1.29, 1.82) is 0 Å². The van der Waals surface area contributed by atoms with Gasteiger partial charge in [0.2, 0.25) is 0 Å². The molecule has 1 N–H and O–H groups in total. The summed E-state index contributed by atoms with van der Waals surface area (Å²) in [4.78, 5) is 24.6. The number of hydrogen-bond donors (Lipinski definition) is 1. The number of nitro groups is 1. The van der Waals surface area contributed by atoms with E-state index in [1.54, 1.807) is 24.0 Å². The van der Waals surface area contributed by atoms with Gasteiger partial charge in [-0.15, -0.1) is 0 Å². The predicted molar refractivity (Wildman–Crippen MR) is 75.8 cm³/mol. The third-order valence-corrected chi connectivity index (χ3v) is 3.84. The molecule has 1 amide bonds. The molecule has 0 unspecified atom stereocenters. The molecule has 1 saturated heterocycles. The molecule has 0 bridgehead atoms. The number of nitrogens with zero attached hydrogens (tertiary/aromatic N) is 2. The lowest BCUT2D eigenvalue weighted by atomic mass is 10.0. The molecule has 0 aromatic heterocycles. The van der Waals surface area contributed by atoms with Crippen LogP contribution >= 0.6 is 0 Å². The van der Waals surface area contributed by atoms with Crippen LogP contribution in [-0.2, 0) is 0 Å². The number of rotatable bonds is 3. The van der Waals surface area contributed by atoms with E-state index in [4.69, 9.17) is 0 Å². The summed E-state index contributed by atoms with van der Waals surface area (Å²) < 4.78 is 0. The van der Waals surface area contributed by atoms with Crippen molar-refractivity contribution in [2.75, 3.05) is 20.1 Å². The number of piperidine rings is 1. The number of likely N-dealkylation sites (tertiary alicyclic amines) is 1. The Morgan fingerprint density at radius 3 is 2.60 bits per heavy atom. The lowest BCUT2D eigenvalue weighted by Crippen LogP contribution is -2.43. The molecule has 1 aliphatic rings. The summed E-state index contributed by atoms with van der Waals surface area (Å²) in [6, 6.07) is 5.12. The zero-order valence-electron chi connectivity index (χ0n) is 11.8. The summed E-state index contributed by atoms with van der Waals surface area (Å²) in [5.41, 5.74) is 0.964. The van der Waals surface area contributed by atoms with Crippen molar-refractivity contribution in [3.05, 3.63) is 39.4 Å². The molecule has 6 heteroatoms. The fraction of sp³-hybridized carbons (Fsp3) is 0.500. The molecule has 0 atom stereocenters. The maximum absolute atomic E-state index is 12.4. The van der Waals surface area contributed by atoms with Crippen LogP contribution < -0.4 is 5.32 Å². The molecular weight excluding hydrogens is 258 g/mol. The average molecular weight is 277 g/mol. The van der Waals surface area contributed by atoms with Gasteiger partial charge >= 0.3 is 0 Å².